The summed E-state index contributed by atoms with van der Waals surface area (Å²) in [5.74, 6) is 1.79. The quantitative estimate of drug-likeness (QED) is 0.683. The molecule has 0 saturated carbocycles. The molecule has 0 radical (unpaired) electrons. The Kier molecular flexibility index (Phi) is 6.33. The average Bonchev–Trinajstić information content (AvgIpc) is 3.05. The smallest absolute Gasteiger partial charge is 0.191 e. The topological polar surface area (TPSA) is 57.8 Å². The van der Waals surface area contributed by atoms with E-state index in [4.69, 9.17) is 5.73 Å². The van der Waals surface area contributed by atoms with Crippen LogP contribution >= 0.6 is 0 Å². The Morgan fingerprint density at radius 2 is 1.54 bits per heavy atom. The number of hydrogen-bond acceptors (Lipinski definition) is 3. The lowest BCUT2D eigenvalue weighted by Gasteiger charge is -2.22. The van der Waals surface area contributed by atoms with E-state index in [2.05, 4.69) is 31.9 Å². The molecule has 1 aromatic heterocycles. The first-order valence-electron chi connectivity index (χ1n) is 9.58. The number of likely N-dealkylation sites (tertiary alicyclic amines) is 1. The monoisotopic (exact) mass is 329 g/mol. The van der Waals surface area contributed by atoms with Gasteiger partial charge in [-0.15, -0.1) is 0 Å². The summed E-state index contributed by atoms with van der Waals surface area (Å²) in [6.07, 6.45) is 12.3. The fourth-order valence-corrected chi connectivity index (χ4v) is 3.57. The van der Waals surface area contributed by atoms with Crippen molar-refractivity contribution in [3.05, 3.63) is 23.9 Å². The molecule has 2 aliphatic rings. The van der Waals surface area contributed by atoms with Crippen LogP contribution in [0.2, 0.25) is 0 Å². The zero-order valence-electron chi connectivity index (χ0n) is 14.8. The zero-order chi connectivity index (χ0) is 16.6. The molecule has 24 heavy (non-hydrogen) atoms. The van der Waals surface area contributed by atoms with Gasteiger partial charge in [0.05, 0.1) is 6.54 Å². The van der Waals surface area contributed by atoms with Gasteiger partial charge in [-0.1, -0.05) is 31.7 Å². The van der Waals surface area contributed by atoms with Crippen LogP contribution in [0.3, 0.4) is 0 Å². The Balaban J connectivity index is 1.56. The van der Waals surface area contributed by atoms with Crippen molar-refractivity contribution >= 4 is 11.8 Å². The Labute approximate surface area is 146 Å². The third kappa shape index (κ3) is 4.86. The summed E-state index contributed by atoms with van der Waals surface area (Å²) in [5.41, 5.74) is 7.31. The van der Waals surface area contributed by atoms with E-state index >= 15 is 0 Å². The van der Waals surface area contributed by atoms with Gasteiger partial charge >= 0.3 is 0 Å². The van der Waals surface area contributed by atoms with Crippen LogP contribution in [0.25, 0.3) is 0 Å². The van der Waals surface area contributed by atoms with E-state index in [9.17, 15) is 0 Å². The maximum atomic E-state index is 6.18. The molecule has 0 amide bonds. The second-order valence-corrected chi connectivity index (χ2v) is 7.00. The van der Waals surface area contributed by atoms with Crippen LogP contribution in [0.1, 0.15) is 56.9 Å². The van der Waals surface area contributed by atoms with Gasteiger partial charge in [0.25, 0.3) is 0 Å². The summed E-state index contributed by atoms with van der Waals surface area (Å²) >= 11 is 0. The number of pyridine rings is 1. The van der Waals surface area contributed by atoms with E-state index in [0.29, 0.717) is 12.5 Å². The van der Waals surface area contributed by atoms with E-state index in [0.717, 1.165) is 37.6 Å². The third-order valence-corrected chi connectivity index (χ3v) is 5.09. The van der Waals surface area contributed by atoms with Gasteiger partial charge in [0.15, 0.2) is 5.96 Å². The van der Waals surface area contributed by atoms with Gasteiger partial charge in [-0.25, -0.2) is 9.98 Å². The van der Waals surface area contributed by atoms with Gasteiger partial charge in [0.1, 0.15) is 5.82 Å². The van der Waals surface area contributed by atoms with Crippen molar-refractivity contribution in [1.29, 1.82) is 0 Å². The highest BCUT2D eigenvalue weighted by molar-refractivity contribution is 5.78. The molecule has 2 fully saturated rings. The molecule has 3 heterocycles. The second kappa shape index (κ2) is 8.90. The van der Waals surface area contributed by atoms with E-state index in [-0.39, 0.29) is 0 Å². The second-order valence-electron chi connectivity index (χ2n) is 7.00. The van der Waals surface area contributed by atoms with Gasteiger partial charge in [0, 0.05) is 32.4 Å². The molecule has 5 nitrogen and oxygen atoms in total. The first kappa shape index (κ1) is 17.1. The summed E-state index contributed by atoms with van der Waals surface area (Å²) < 4.78 is 0. The van der Waals surface area contributed by atoms with Crippen molar-refractivity contribution in [2.75, 3.05) is 31.1 Å². The van der Waals surface area contributed by atoms with Crippen molar-refractivity contribution in [3.63, 3.8) is 0 Å². The highest BCUT2D eigenvalue weighted by atomic mass is 15.2. The van der Waals surface area contributed by atoms with Gasteiger partial charge in [-0.3, -0.25) is 0 Å². The van der Waals surface area contributed by atoms with E-state index < -0.39 is 0 Å². The fraction of sp³-hybridized carbons (Fsp3) is 0.684. The predicted molar refractivity (Wildman–Crippen MR) is 100 cm³/mol. The minimum Gasteiger partial charge on any atom is -0.370 e. The van der Waals surface area contributed by atoms with Crippen LogP contribution < -0.4 is 10.6 Å². The molecule has 2 saturated heterocycles. The fourth-order valence-electron chi connectivity index (χ4n) is 3.57. The number of aliphatic imine (C=N–C) groups is 1. The number of guanidine groups is 1. The Morgan fingerprint density at radius 1 is 0.917 bits per heavy atom. The van der Waals surface area contributed by atoms with Crippen molar-refractivity contribution in [2.24, 2.45) is 10.7 Å². The van der Waals surface area contributed by atoms with Crippen LogP contribution in [0.15, 0.2) is 23.3 Å². The summed E-state index contributed by atoms with van der Waals surface area (Å²) in [6, 6.07) is 4.28. The maximum absolute atomic E-state index is 6.18. The lowest BCUT2D eigenvalue weighted by molar-refractivity contribution is 0.428. The first-order valence-corrected chi connectivity index (χ1v) is 9.58. The molecule has 0 unspecified atom stereocenters. The van der Waals surface area contributed by atoms with Crippen LogP contribution in [-0.2, 0) is 6.54 Å². The minimum absolute atomic E-state index is 0.621. The first-order chi connectivity index (χ1) is 11.8. The number of anilines is 1. The lowest BCUT2D eigenvalue weighted by Crippen LogP contribution is -2.38. The average molecular weight is 329 g/mol. The number of rotatable bonds is 3. The van der Waals surface area contributed by atoms with Crippen molar-refractivity contribution in [1.82, 2.24) is 9.88 Å². The molecule has 2 N–H and O–H groups in total. The molecule has 1 aromatic rings. The molecule has 0 spiro atoms. The van der Waals surface area contributed by atoms with Gasteiger partial charge < -0.3 is 15.5 Å². The Morgan fingerprint density at radius 3 is 2.12 bits per heavy atom. The largest absolute Gasteiger partial charge is 0.370 e. The minimum atomic E-state index is 0.621. The van der Waals surface area contributed by atoms with E-state index in [1.165, 1.54) is 51.4 Å². The van der Waals surface area contributed by atoms with Gasteiger partial charge in [-0.05, 0) is 37.3 Å². The number of nitrogens with zero attached hydrogens (tertiary/aromatic N) is 4. The van der Waals surface area contributed by atoms with E-state index in [1.54, 1.807) is 0 Å². The van der Waals surface area contributed by atoms with Crippen LogP contribution in [-0.4, -0.2) is 42.0 Å². The zero-order valence-corrected chi connectivity index (χ0v) is 14.8. The summed E-state index contributed by atoms with van der Waals surface area (Å²) in [6.45, 7) is 4.97. The third-order valence-electron chi connectivity index (χ3n) is 5.09. The Hall–Kier alpha value is -1.78. The van der Waals surface area contributed by atoms with E-state index in [1.807, 2.05) is 6.20 Å². The summed E-state index contributed by atoms with van der Waals surface area (Å²) in [7, 11) is 0. The number of nitrogens with two attached hydrogens (primary N) is 1. The molecule has 2 aliphatic heterocycles. The lowest BCUT2D eigenvalue weighted by atomic mass is 10.2. The molecule has 5 heteroatoms. The summed E-state index contributed by atoms with van der Waals surface area (Å²) in [5, 5.41) is 0. The highest BCUT2D eigenvalue weighted by Gasteiger charge is 2.12. The van der Waals surface area contributed by atoms with Crippen LogP contribution in [0.4, 0.5) is 5.82 Å². The molecule has 0 bridgehead atoms. The van der Waals surface area contributed by atoms with Gasteiger partial charge in [-0.2, -0.15) is 0 Å². The standard InChI is InChI=1S/C19H31N5/c20-19(24-13-7-3-4-8-14-24)22-16-17-9-10-18(21-15-17)23-11-5-1-2-6-12-23/h9-10,15H,1-8,11-14,16H2,(H2,20,22). The van der Waals surface area contributed by atoms with Crippen LogP contribution in [0.5, 0.6) is 0 Å². The maximum Gasteiger partial charge on any atom is 0.191 e. The molecule has 0 atom stereocenters. The predicted octanol–water partition coefficient (Wildman–Crippen LogP) is 3.15. The van der Waals surface area contributed by atoms with Crippen molar-refractivity contribution in [2.45, 2.75) is 57.9 Å². The molecular formula is C19H31N5. The molecule has 132 valence electrons. The van der Waals surface area contributed by atoms with Crippen LogP contribution in [0, 0.1) is 0 Å². The summed E-state index contributed by atoms with van der Waals surface area (Å²) in [4.78, 5) is 13.9. The number of hydrogen-bond donors (Lipinski definition) is 1. The molecule has 3 rings (SSSR count). The highest BCUT2D eigenvalue weighted by Crippen LogP contribution is 2.17. The SMILES string of the molecule is NC(=NCc1ccc(N2CCCCCC2)nc1)N1CCCCCC1. The molecule has 0 aromatic carbocycles. The van der Waals surface area contributed by atoms with Crippen molar-refractivity contribution in [3.8, 4) is 0 Å². The van der Waals surface area contributed by atoms with Gasteiger partial charge in [0.2, 0.25) is 0 Å². The Bertz CT molecular complexity index is 509. The molecular weight excluding hydrogens is 298 g/mol. The number of aromatic nitrogens is 1. The molecule has 0 aliphatic carbocycles. The van der Waals surface area contributed by atoms with Crippen molar-refractivity contribution < 1.29 is 0 Å². The normalized spacial score (nSPS) is 20.6.